The van der Waals surface area contributed by atoms with Crippen molar-refractivity contribution in [1.82, 2.24) is 5.32 Å². The lowest BCUT2D eigenvalue weighted by Gasteiger charge is -2.12. The molecular formula is C22H24N2O2. The molecule has 134 valence electrons. The minimum absolute atomic E-state index is 0.0361. The van der Waals surface area contributed by atoms with Gasteiger partial charge in [0.25, 0.3) is 5.91 Å². The fraction of sp³-hybridized carbons (Fsp3) is 0.273. The number of anilines is 1. The second-order valence-electron chi connectivity index (χ2n) is 6.93. The smallest absolute Gasteiger partial charge is 0.251 e. The highest BCUT2D eigenvalue weighted by molar-refractivity contribution is 6.02. The van der Waals surface area contributed by atoms with Gasteiger partial charge in [-0.1, -0.05) is 44.2 Å². The van der Waals surface area contributed by atoms with Crippen molar-refractivity contribution in [3.63, 3.8) is 0 Å². The van der Waals surface area contributed by atoms with Gasteiger partial charge in [0.1, 0.15) is 0 Å². The third-order valence-corrected chi connectivity index (χ3v) is 4.35. The quantitative estimate of drug-likeness (QED) is 0.762. The Morgan fingerprint density at radius 1 is 1.04 bits per heavy atom. The van der Waals surface area contributed by atoms with Crippen molar-refractivity contribution in [3.05, 3.63) is 71.3 Å². The number of hydrogen-bond donors (Lipinski definition) is 2. The second-order valence-corrected chi connectivity index (χ2v) is 6.93. The summed E-state index contributed by atoms with van der Waals surface area (Å²) in [6, 6.07) is 15.4. The van der Waals surface area contributed by atoms with Gasteiger partial charge in [0.15, 0.2) is 0 Å². The van der Waals surface area contributed by atoms with Gasteiger partial charge in [0, 0.05) is 23.4 Å². The summed E-state index contributed by atoms with van der Waals surface area (Å²) >= 11 is 0. The molecule has 2 aromatic rings. The molecule has 1 aliphatic carbocycles. The highest BCUT2D eigenvalue weighted by Crippen LogP contribution is 2.23. The molecule has 26 heavy (non-hydrogen) atoms. The number of nitrogens with one attached hydrogen (secondary N) is 2. The summed E-state index contributed by atoms with van der Waals surface area (Å²) in [5, 5.41) is 5.89. The van der Waals surface area contributed by atoms with Crippen LogP contribution in [0.15, 0.2) is 54.6 Å². The first-order valence-corrected chi connectivity index (χ1v) is 9.02. The first-order valence-electron chi connectivity index (χ1n) is 9.02. The molecule has 0 bridgehead atoms. The van der Waals surface area contributed by atoms with E-state index in [4.69, 9.17) is 0 Å². The molecule has 2 amide bonds. The van der Waals surface area contributed by atoms with Crippen molar-refractivity contribution in [2.75, 3.05) is 5.32 Å². The lowest BCUT2D eigenvalue weighted by Crippen LogP contribution is -2.25. The zero-order valence-electron chi connectivity index (χ0n) is 15.2. The molecule has 1 aliphatic rings. The summed E-state index contributed by atoms with van der Waals surface area (Å²) in [5.74, 6) is 0.129. The van der Waals surface area contributed by atoms with Gasteiger partial charge in [-0.2, -0.15) is 0 Å². The summed E-state index contributed by atoms with van der Waals surface area (Å²) in [7, 11) is 0. The van der Waals surface area contributed by atoms with Crippen molar-refractivity contribution < 1.29 is 9.59 Å². The molecule has 4 nitrogen and oxygen atoms in total. The Bertz CT molecular complexity index is 818. The number of benzene rings is 2. The fourth-order valence-corrected chi connectivity index (χ4v) is 2.70. The predicted octanol–water partition coefficient (Wildman–Crippen LogP) is 4.35. The Hall–Kier alpha value is -2.88. The minimum Gasteiger partial charge on any atom is -0.349 e. The van der Waals surface area contributed by atoms with E-state index in [2.05, 4.69) is 24.5 Å². The standard InChI is InChI=1S/C22H24N2O2/c1-15(2)19-5-3-4-6-20(19)24-21(25)14-9-16-7-10-17(11-8-16)22(26)23-18-12-13-18/h3-11,14-15,18H,12-13H2,1-2H3,(H,23,26)(H,24,25)/b14-9+. The molecule has 2 N–H and O–H groups in total. The lowest BCUT2D eigenvalue weighted by atomic mass is 10.0. The van der Waals surface area contributed by atoms with Crippen molar-refractivity contribution >= 4 is 23.6 Å². The van der Waals surface area contributed by atoms with Gasteiger partial charge in [-0.25, -0.2) is 0 Å². The summed E-state index contributed by atoms with van der Waals surface area (Å²) in [5.41, 5.74) is 3.47. The van der Waals surface area contributed by atoms with Gasteiger partial charge < -0.3 is 10.6 Å². The third kappa shape index (κ3) is 4.82. The number of amides is 2. The Kier molecular flexibility index (Phi) is 5.52. The Morgan fingerprint density at radius 2 is 1.73 bits per heavy atom. The average molecular weight is 348 g/mol. The molecule has 0 heterocycles. The molecule has 0 spiro atoms. The van der Waals surface area contributed by atoms with E-state index in [0.29, 0.717) is 17.5 Å². The maximum Gasteiger partial charge on any atom is 0.251 e. The Balaban J connectivity index is 1.60. The zero-order chi connectivity index (χ0) is 18.5. The Morgan fingerprint density at radius 3 is 2.38 bits per heavy atom. The van der Waals surface area contributed by atoms with Crippen molar-refractivity contribution in [2.24, 2.45) is 0 Å². The molecule has 0 atom stereocenters. The van der Waals surface area contributed by atoms with E-state index in [9.17, 15) is 9.59 Å². The summed E-state index contributed by atoms with van der Waals surface area (Å²) in [6.07, 6.45) is 5.40. The van der Waals surface area contributed by atoms with Crippen LogP contribution in [0.2, 0.25) is 0 Å². The van der Waals surface area contributed by atoms with E-state index in [1.54, 1.807) is 18.2 Å². The van der Waals surface area contributed by atoms with Gasteiger partial charge in [-0.3, -0.25) is 9.59 Å². The first-order chi connectivity index (χ1) is 12.5. The van der Waals surface area contributed by atoms with Gasteiger partial charge >= 0.3 is 0 Å². The molecule has 0 aliphatic heterocycles. The molecule has 1 saturated carbocycles. The monoisotopic (exact) mass is 348 g/mol. The summed E-state index contributed by atoms with van der Waals surface area (Å²) in [4.78, 5) is 24.2. The van der Waals surface area contributed by atoms with Gasteiger partial charge in [0.05, 0.1) is 0 Å². The maximum atomic E-state index is 12.2. The van der Waals surface area contributed by atoms with Crippen LogP contribution < -0.4 is 10.6 Å². The fourth-order valence-electron chi connectivity index (χ4n) is 2.70. The molecule has 0 radical (unpaired) electrons. The van der Waals surface area contributed by atoms with E-state index >= 15 is 0 Å². The van der Waals surface area contributed by atoms with Crippen LogP contribution in [0.5, 0.6) is 0 Å². The maximum absolute atomic E-state index is 12.2. The van der Waals surface area contributed by atoms with Crippen LogP contribution in [-0.4, -0.2) is 17.9 Å². The van der Waals surface area contributed by atoms with E-state index < -0.39 is 0 Å². The number of hydrogen-bond acceptors (Lipinski definition) is 2. The van der Waals surface area contributed by atoms with E-state index in [1.165, 1.54) is 6.08 Å². The average Bonchev–Trinajstić information content (AvgIpc) is 3.44. The molecule has 0 unspecified atom stereocenters. The SMILES string of the molecule is CC(C)c1ccccc1NC(=O)/C=C/c1ccc(C(=O)NC2CC2)cc1. The topological polar surface area (TPSA) is 58.2 Å². The number of carbonyl (C=O) groups is 2. The summed E-state index contributed by atoms with van der Waals surface area (Å²) < 4.78 is 0. The van der Waals surface area contributed by atoms with Crippen LogP contribution >= 0.6 is 0 Å². The van der Waals surface area contributed by atoms with Crippen LogP contribution in [-0.2, 0) is 4.79 Å². The molecule has 4 heteroatoms. The first kappa shape index (κ1) is 17.9. The lowest BCUT2D eigenvalue weighted by molar-refractivity contribution is -0.111. The third-order valence-electron chi connectivity index (χ3n) is 4.35. The van der Waals surface area contributed by atoms with Crippen molar-refractivity contribution in [3.8, 4) is 0 Å². The number of rotatable bonds is 6. The van der Waals surface area contributed by atoms with Gasteiger partial charge in [-0.15, -0.1) is 0 Å². The molecule has 1 fully saturated rings. The highest BCUT2D eigenvalue weighted by Gasteiger charge is 2.23. The molecular weight excluding hydrogens is 324 g/mol. The molecule has 0 saturated heterocycles. The summed E-state index contributed by atoms with van der Waals surface area (Å²) in [6.45, 7) is 4.20. The second kappa shape index (κ2) is 8.00. The Labute approximate surface area is 154 Å². The van der Waals surface area contributed by atoms with Crippen LogP contribution in [0.3, 0.4) is 0 Å². The van der Waals surface area contributed by atoms with Crippen LogP contribution in [0.4, 0.5) is 5.69 Å². The molecule has 0 aromatic heterocycles. The van der Waals surface area contributed by atoms with Gasteiger partial charge in [-0.05, 0) is 54.2 Å². The largest absolute Gasteiger partial charge is 0.349 e. The molecule has 3 rings (SSSR count). The normalized spacial score (nSPS) is 13.8. The van der Waals surface area contributed by atoms with Crippen LogP contribution in [0, 0.1) is 0 Å². The van der Waals surface area contributed by atoms with Gasteiger partial charge in [0.2, 0.25) is 5.91 Å². The van der Waals surface area contributed by atoms with E-state index in [1.807, 2.05) is 36.4 Å². The van der Waals surface area contributed by atoms with Crippen LogP contribution in [0.25, 0.3) is 6.08 Å². The van der Waals surface area contributed by atoms with Crippen molar-refractivity contribution in [1.29, 1.82) is 0 Å². The van der Waals surface area contributed by atoms with Crippen molar-refractivity contribution in [2.45, 2.75) is 38.6 Å². The van der Waals surface area contributed by atoms with Crippen LogP contribution in [0.1, 0.15) is 54.1 Å². The van der Waals surface area contributed by atoms with E-state index in [-0.39, 0.29) is 11.8 Å². The minimum atomic E-state index is -0.173. The predicted molar refractivity (Wildman–Crippen MR) is 105 cm³/mol. The molecule has 2 aromatic carbocycles. The number of carbonyl (C=O) groups excluding carboxylic acids is 2. The van der Waals surface area contributed by atoms with E-state index in [0.717, 1.165) is 29.7 Å². The zero-order valence-corrected chi connectivity index (χ0v) is 15.2. The number of para-hydroxylation sites is 1. The highest BCUT2D eigenvalue weighted by atomic mass is 16.2.